The summed E-state index contributed by atoms with van der Waals surface area (Å²) in [6.45, 7) is 0.663. The Morgan fingerprint density at radius 2 is 2.04 bits per heavy atom. The molecular weight excluding hydrogens is 324 g/mol. The number of hydrogen-bond donors (Lipinski definition) is 0. The molecule has 0 fully saturated rings. The van der Waals surface area contributed by atoms with Crippen LogP contribution >= 0.6 is 11.3 Å². The zero-order valence-electron chi connectivity index (χ0n) is 13.8. The quantitative estimate of drug-likeness (QED) is 0.860. The van der Waals surface area contributed by atoms with Gasteiger partial charge in [-0.25, -0.2) is 4.79 Å². The van der Waals surface area contributed by atoms with Crippen molar-refractivity contribution in [1.29, 1.82) is 0 Å². The van der Waals surface area contributed by atoms with Crippen molar-refractivity contribution in [3.8, 4) is 0 Å². The van der Waals surface area contributed by atoms with Crippen LogP contribution in [0.3, 0.4) is 0 Å². The maximum Gasteiger partial charge on any atom is 0.409 e. The van der Waals surface area contributed by atoms with Crippen molar-refractivity contribution in [3.63, 3.8) is 0 Å². The van der Waals surface area contributed by atoms with Gasteiger partial charge in [-0.2, -0.15) is 0 Å². The van der Waals surface area contributed by atoms with Crippen LogP contribution in [-0.4, -0.2) is 49.0 Å². The van der Waals surface area contributed by atoms with Crippen LogP contribution < -0.4 is 0 Å². The lowest BCUT2D eigenvalue weighted by atomic mass is 9.93. The number of thiophene rings is 1. The summed E-state index contributed by atoms with van der Waals surface area (Å²) in [6, 6.07) is 12.0. The number of carbonyl (C=O) groups is 2. The van der Waals surface area contributed by atoms with Gasteiger partial charge in [-0.3, -0.25) is 4.79 Å². The van der Waals surface area contributed by atoms with Crippen molar-refractivity contribution in [2.75, 3.05) is 27.2 Å². The summed E-state index contributed by atoms with van der Waals surface area (Å²) in [6.07, 6.45) is 0.345. The van der Waals surface area contributed by atoms with Gasteiger partial charge in [0, 0.05) is 18.5 Å². The molecule has 2 heterocycles. The van der Waals surface area contributed by atoms with Gasteiger partial charge in [-0.05, 0) is 29.0 Å². The number of nitrogens with zero attached hydrogens (tertiary/aromatic N) is 2. The fraction of sp³-hybridized carbons (Fsp3) is 0.333. The first-order chi connectivity index (χ1) is 11.6. The number of benzene rings is 1. The number of carbonyl (C=O) groups excluding carboxylic acids is 2. The minimum absolute atomic E-state index is 0.00940. The van der Waals surface area contributed by atoms with Crippen molar-refractivity contribution in [3.05, 3.63) is 57.8 Å². The molecule has 1 atom stereocenters. The third-order valence-corrected chi connectivity index (χ3v) is 5.26. The van der Waals surface area contributed by atoms with E-state index in [1.165, 1.54) is 22.5 Å². The van der Waals surface area contributed by atoms with E-state index >= 15 is 0 Å². The molecule has 6 heteroatoms. The van der Waals surface area contributed by atoms with Crippen LogP contribution in [0.2, 0.25) is 0 Å². The molecule has 0 spiro atoms. The summed E-state index contributed by atoms with van der Waals surface area (Å²) in [5, 5.41) is 2.08. The number of rotatable bonds is 3. The van der Waals surface area contributed by atoms with Crippen LogP contribution in [0.25, 0.3) is 0 Å². The highest BCUT2D eigenvalue weighted by Gasteiger charge is 2.33. The predicted molar refractivity (Wildman–Crippen MR) is 93.1 cm³/mol. The fourth-order valence-electron chi connectivity index (χ4n) is 3.09. The predicted octanol–water partition coefficient (Wildman–Crippen LogP) is 2.92. The monoisotopic (exact) mass is 344 g/mol. The van der Waals surface area contributed by atoms with Gasteiger partial charge in [-0.1, -0.05) is 30.3 Å². The average Bonchev–Trinajstić information content (AvgIpc) is 3.09. The van der Waals surface area contributed by atoms with Crippen molar-refractivity contribution in [2.24, 2.45) is 0 Å². The van der Waals surface area contributed by atoms with Gasteiger partial charge in [0.1, 0.15) is 6.54 Å². The second kappa shape index (κ2) is 7.05. The van der Waals surface area contributed by atoms with E-state index in [0.29, 0.717) is 6.54 Å². The molecule has 1 aromatic heterocycles. The van der Waals surface area contributed by atoms with Crippen molar-refractivity contribution in [1.82, 2.24) is 9.80 Å². The Labute approximate surface area is 145 Å². The second-order valence-electron chi connectivity index (χ2n) is 5.78. The molecule has 5 nitrogen and oxygen atoms in total. The first-order valence-corrected chi connectivity index (χ1v) is 8.69. The van der Waals surface area contributed by atoms with Crippen LogP contribution in [0.15, 0.2) is 41.8 Å². The van der Waals surface area contributed by atoms with Crippen LogP contribution in [0, 0.1) is 0 Å². The molecule has 0 saturated heterocycles. The van der Waals surface area contributed by atoms with E-state index in [9.17, 15) is 9.59 Å². The molecule has 0 radical (unpaired) electrons. The Kier molecular flexibility index (Phi) is 4.85. The Hall–Kier alpha value is -2.34. The number of likely N-dealkylation sites (N-methyl/N-ethyl adjacent to an activating group) is 1. The zero-order chi connectivity index (χ0) is 17.1. The molecule has 0 bridgehead atoms. The Morgan fingerprint density at radius 3 is 2.75 bits per heavy atom. The molecule has 0 aliphatic carbocycles. The second-order valence-corrected chi connectivity index (χ2v) is 6.78. The number of fused-ring (bicyclic) bond motifs is 1. The van der Waals surface area contributed by atoms with Crippen LogP contribution in [0.4, 0.5) is 4.79 Å². The number of methoxy groups -OCH3 is 1. The molecule has 0 saturated carbocycles. The van der Waals surface area contributed by atoms with E-state index in [1.54, 1.807) is 18.4 Å². The maximum absolute atomic E-state index is 12.8. The lowest BCUT2D eigenvalue weighted by molar-refractivity contribution is -0.133. The van der Waals surface area contributed by atoms with E-state index in [0.717, 1.165) is 12.0 Å². The Morgan fingerprint density at radius 1 is 1.29 bits per heavy atom. The minimum Gasteiger partial charge on any atom is -0.453 e. The lowest BCUT2D eigenvalue weighted by Crippen LogP contribution is -2.45. The van der Waals surface area contributed by atoms with Crippen LogP contribution in [-0.2, 0) is 16.0 Å². The molecule has 2 aromatic rings. The first kappa shape index (κ1) is 16.5. The molecule has 2 amide bonds. The van der Waals surface area contributed by atoms with Gasteiger partial charge in [0.15, 0.2) is 0 Å². The van der Waals surface area contributed by atoms with Crippen molar-refractivity contribution in [2.45, 2.75) is 12.5 Å². The smallest absolute Gasteiger partial charge is 0.409 e. The van der Waals surface area contributed by atoms with E-state index in [2.05, 4.69) is 16.2 Å². The minimum atomic E-state index is -0.507. The third kappa shape index (κ3) is 3.14. The number of ether oxygens (including phenoxy) is 1. The largest absolute Gasteiger partial charge is 0.453 e. The van der Waals surface area contributed by atoms with Gasteiger partial charge < -0.3 is 14.5 Å². The first-order valence-electron chi connectivity index (χ1n) is 7.81. The van der Waals surface area contributed by atoms with E-state index in [-0.39, 0.29) is 18.5 Å². The molecule has 126 valence electrons. The average molecular weight is 344 g/mol. The normalized spacial score (nSPS) is 16.4. The summed E-state index contributed by atoms with van der Waals surface area (Å²) in [5.41, 5.74) is 2.28. The topological polar surface area (TPSA) is 49.9 Å². The van der Waals surface area contributed by atoms with Gasteiger partial charge in [0.2, 0.25) is 5.91 Å². The fourth-order valence-corrected chi connectivity index (χ4v) is 4.00. The molecule has 3 rings (SSSR count). The zero-order valence-corrected chi connectivity index (χ0v) is 14.6. The summed E-state index contributed by atoms with van der Waals surface area (Å²) >= 11 is 1.74. The summed E-state index contributed by atoms with van der Waals surface area (Å²) in [5.74, 6) is -0.0754. The molecular formula is C18H20N2O3S. The SMILES string of the molecule is COC(=O)N(C)CC(=O)N1CCc2sccc2[C@H]1c1ccccc1. The lowest BCUT2D eigenvalue weighted by Gasteiger charge is -2.37. The Balaban J connectivity index is 1.89. The Bertz CT molecular complexity index is 729. The highest BCUT2D eigenvalue weighted by atomic mass is 32.1. The molecule has 1 aliphatic rings. The van der Waals surface area contributed by atoms with Gasteiger partial charge in [0.25, 0.3) is 0 Å². The van der Waals surface area contributed by atoms with Gasteiger partial charge in [-0.15, -0.1) is 11.3 Å². The summed E-state index contributed by atoms with van der Waals surface area (Å²) < 4.78 is 4.67. The van der Waals surface area contributed by atoms with E-state index < -0.39 is 6.09 Å². The van der Waals surface area contributed by atoms with Crippen molar-refractivity contribution >= 4 is 23.3 Å². The van der Waals surface area contributed by atoms with Crippen LogP contribution in [0.1, 0.15) is 22.0 Å². The molecule has 1 aromatic carbocycles. The van der Waals surface area contributed by atoms with Crippen LogP contribution in [0.5, 0.6) is 0 Å². The highest BCUT2D eigenvalue weighted by Crippen LogP contribution is 2.37. The standard InChI is InChI=1S/C18H20N2O3S/c1-19(18(22)23-2)12-16(21)20-10-8-15-14(9-11-24-15)17(20)13-6-4-3-5-7-13/h3-7,9,11,17H,8,10,12H2,1-2H3/t17-/m1/s1. The summed E-state index contributed by atoms with van der Waals surface area (Å²) in [4.78, 5) is 28.9. The molecule has 24 heavy (non-hydrogen) atoms. The van der Waals surface area contributed by atoms with E-state index in [1.807, 2.05) is 35.2 Å². The van der Waals surface area contributed by atoms with E-state index in [4.69, 9.17) is 0 Å². The number of hydrogen-bond acceptors (Lipinski definition) is 4. The van der Waals surface area contributed by atoms with Crippen molar-refractivity contribution < 1.29 is 14.3 Å². The maximum atomic E-state index is 12.8. The highest BCUT2D eigenvalue weighted by molar-refractivity contribution is 7.10. The van der Waals surface area contributed by atoms with Gasteiger partial charge in [0.05, 0.1) is 13.2 Å². The molecule has 0 unspecified atom stereocenters. The molecule has 0 N–H and O–H groups in total. The number of amides is 2. The molecule has 1 aliphatic heterocycles. The third-order valence-electron chi connectivity index (χ3n) is 4.26. The summed E-state index contributed by atoms with van der Waals surface area (Å²) in [7, 11) is 2.88. The van der Waals surface area contributed by atoms with Gasteiger partial charge >= 0.3 is 6.09 Å².